The topological polar surface area (TPSA) is 99.2 Å². The van der Waals surface area contributed by atoms with Crippen LogP contribution in [0.5, 0.6) is 0 Å². The normalized spacial score (nSPS) is 22.1. The second-order valence-corrected chi connectivity index (χ2v) is 9.06. The Labute approximate surface area is 189 Å². The number of benzene rings is 1. The summed E-state index contributed by atoms with van der Waals surface area (Å²) < 4.78 is 6.86. The lowest BCUT2D eigenvalue weighted by molar-refractivity contribution is -0.119. The molecule has 4 rings (SSSR count). The van der Waals surface area contributed by atoms with Gasteiger partial charge in [0.1, 0.15) is 5.69 Å². The second kappa shape index (κ2) is 9.69. The van der Waals surface area contributed by atoms with Gasteiger partial charge in [-0.15, -0.1) is 0 Å². The molecule has 1 saturated carbocycles. The molecule has 1 aromatic heterocycles. The SMILES string of the molecule is CC1CCC(C(C(=O)Nc2ccc(C3=CCOCC3)cc2)c2cc(C(N)=O)n(C)n2)CC1. The van der Waals surface area contributed by atoms with Crippen LogP contribution in [-0.2, 0) is 16.6 Å². The summed E-state index contributed by atoms with van der Waals surface area (Å²) in [6.07, 6.45) is 7.13. The molecule has 7 heteroatoms. The van der Waals surface area contributed by atoms with Crippen molar-refractivity contribution in [3.63, 3.8) is 0 Å². The zero-order chi connectivity index (χ0) is 22.7. The molecule has 2 aliphatic rings. The molecule has 170 valence electrons. The van der Waals surface area contributed by atoms with Gasteiger partial charge in [-0.25, -0.2) is 0 Å². The molecule has 1 aromatic carbocycles. The largest absolute Gasteiger partial charge is 0.377 e. The number of hydrogen-bond acceptors (Lipinski definition) is 4. The first kappa shape index (κ1) is 22.3. The van der Waals surface area contributed by atoms with E-state index in [1.54, 1.807) is 13.1 Å². The van der Waals surface area contributed by atoms with E-state index in [4.69, 9.17) is 10.5 Å². The third-order valence-electron chi connectivity index (χ3n) is 6.77. The van der Waals surface area contributed by atoms with Crippen molar-refractivity contribution in [3.05, 3.63) is 53.4 Å². The van der Waals surface area contributed by atoms with E-state index in [0.717, 1.165) is 50.0 Å². The average Bonchev–Trinajstić information content (AvgIpc) is 3.18. The highest BCUT2D eigenvalue weighted by Crippen LogP contribution is 2.38. The molecule has 2 aromatic rings. The van der Waals surface area contributed by atoms with Crippen LogP contribution in [0.25, 0.3) is 5.57 Å². The zero-order valence-corrected chi connectivity index (χ0v) is 18.8. The van der Waals surface area contributed by atoms with E-state index in [0.29, 0.717) is 23.9 Å². The minimum Gasteiger partial charge on any atom is -0.377 e. The van der Waals surface area contributed by atoms with Crippen LogP contribution in [0.2, 0.25) is 0 Å². The maximum atomic E-state index is 13.5. The number of nitrogens with zero attached hydrogens (tertiary/aromatic N) is 2. The molecule has 1 fully saturated rings. The molecule has 32 heavy (non-hydrogen) atoms. The number of aromatic nitrogens is 2. The van der Waals surface area contributed by atoms with Crippen LogP contribution in [0.4, 0.5) is 5.69 Å². The number of primary amides is 1. The molecule has 3 N–H and O–H groups in total. The lowest BCUT2D eigenvalue weighted by Gasteiger charge is -2.31. The standard InChI is InChI=1S/C25H32N4O3/c1-16-3-5-19(6-4-16)23(21-15-22(24(26)30)29(2)28-21)25(31)27-20-9-7-17(8-10-20)18-11-13-32-14-12-18/h7-11,15-16,19,23H,3-6,12-14H2,1-2H3,(H2,26,30)(H,27,31). The highest BCUT2D eigenvalue weighted by molar-refractivity contribution is 5.97. The van der Waals surface area contributed by atoms with Crippen molar-refractivity contribution < 1.29 is 14.3 Å². The second-order valence-electron chi connectivity index (χ2n) is 9.06. The lowest BCUT2D eigenvalue weighted by atomic mass is 9.75. The average molecular weight is 437 g/mol. The maximum Gasteiger partial charge on any atom is 0.266 e. The predicted molar refractivity (Wildman–Crippen MR) is 124 cm³/mol. The molecule has 1 aliphatic carbocycles. The number of nitrogens with two attached hydrogens (primary N) is 1. The van der Waals surface area contributed by atoms with Crippen molar-refractivity contribution in [2.45, 2.75) is 44.9 Å². The number of rotatable bonds is 6. The van der Waals surface area contributed by atoms with Crippen molar-refractivity contribution in [1.29, 1.82) is 0 Å². The Morgan fingerprint density at radius 3 is 2.50 bits per heavy atom. The van der Waals surface area contributed by atoms with Crippen molar-refractivity contribution in [2.75, 3.05) is 18.5 Å². The lowest BCUT2D eigenvalue weighted by Crippen LogP contribution is -2.30. The monoisotopic (exact) mass is 436 g/mol. The van der Waals surface area contributed by atoms with Crippen molar-refractivity contribution in [2.24, 2.45) is 24.6 Å². The molecule has 0 saturated heterocycles. The fourth-order valence-corrected chi connectivity index (χ4v) is 4.86. The summed E-state index contributed by atoms with van der Waals surface area (Å²) in [5, 5.41) is 7.59. The van der Waals surface area contributed by atoms with Crippen LogP contribution in [0.1, 0.15) is 66.7 Å². The van der Waals surface area contributed by atoms with Gasteiger partial charge < -0.3 is 15.8 Å². The summed E-state index contributed by atoms with van der Waals surface area (Å²) in [4.78, 5) is 25.2. The van der Waals surface area contributed by atoms with E-state index < -0.39 is 11.8 Å². The van der Waals surface area contributed by atoms with Crippen LogP contribution in [0.15, 0.2) is 36.4 Å². The first-order valence-electron chi connectivity index (χ1n) is 11.4. The minimum absolute atomic E-state index is 0.0864. The summed E-state index contributed by atoms with van der Waals surface area (Å²) in [6.45, 7) is 3.64. The molecule has 0 spiro atoms. The molecule has 2 amide bonds. The Bertz CT molecular complexity index is 1000. The molecular formula is C25H32N4O3. The number of amides is 2. The van der Waals surface area contributed by atoms with Crippen molar-refractivity contribution in [3.8, 4) is 0 Å². The molecule has 1 aliphatic heterocycles. The quantitative estimate of drug-likeness (QED) is 0.718. The number of nitrogens with one attached hydrogen (secondary N) is 1. The summed E-state index contributed by atoms with van der Waals surface area (Å²) in [6, 6.07) is 9.63. The summed E-state index contributed by atoms with van der Waals surface area (Å²) in [5.74, 6) is -0.183. The van der Waals surface area contributed by atoms with Gasteiger partial charge in [0.2, 0.25) is 5.91 Å². The molecule has 7 nitrogen and oxygen atoms in total. The number of hydrogen-bond donors (Lipinski definition) is 2. The maximum absolute atomic E-state index is 13.5. The number of ether oxygens (including phenoxy) is 1. The number of carbonyl (C=O) groups excluding carboxylic acids is 2. The van der Waals surface area contributed by atoms with Crippen molar-refractivity contribution >= 4 is 23.1 Å². The van der Waals surface area contributed by atoms with Gasteiger partial charge in [-0.05, 0) is 60.4 Å². The highest BCUT2D eigenvalue weighted by atomic mass is 16.5. The van der Waals surface area contributed by atoms with Gasteiger partial charge >= 0.3 is 0 Å². The van der Waals surface area contributed by atoms with Gasteiger partial charge in [0.05, 0.1) is 24.8 Å². The van der Waals surface area contributed by atoms with Crippen LogP contribution >= 0.6 is 0 Å². The van der Waals surface area contributed by atoms with Gasteiger partial charge in [-0.3, -0.25) is 14.3 Å². The number of carbonyl (C=O) groups is 2. The van der Waals surface area contributed by atoms with E-state index >= 15 is 0 Å². The van der Waals surface area contributed by atoms with Gasteiger partial charge in [-0.1, -0.05) is 38.0 Å². The molecule has 1 atom stereocenters. The van der Waals surface area contributed by atoms with Crippen LogP contribution in [0.3, 0.4) is 0 Å². The molecule has 0 bridgehead atoms. The molecule has 2 heterocycles. The number of anilines is 1. The van der Waals surface area contributed by atoms with Gasteiger partial charge in [0, 0.05) is 12.7 Å². The third-order valence-corrected chi connectivity index (χ3v) is 6.77. The van der Waals surface area contributed by atoms with E-state index in [1.807, 2.05) is 24.3 Å². The van der Waals surface area contributed by atoms with Crippen LogP contribution in [0, 0.1) is 11.8 Å². The molecule has 0 radical (unpaired) electrons. The fraction of sp³-hybridized carbons (Fsp3) is 0.480. The summed E-state index contributed by atoms with van der Waals surface area (Å²) >= 11 is 0. The predicted octanol–water partition coefficient (Wildman–Crippen LogP) is 3.87. The molecular weight excluding hydrogens is 404 g/mol. The Morgan fingerprint density at radius 2 is 1.91 bits per heavy atom. The smallest absolute Gasteiger partial charge is 0.266 e. The zero-order valence-electron chi connectivity index (χ0n) is 18.8. The Balaban J connectivity index is 1.55. The number of aryl methyl sites for hydroxylation is 1. The first-order chi connectivity index (χ1) is 15.4. The third kappa shape index (κ3) is 4.93. The van der Waals surface area contributed by atoms with E-state index in [2.05, 4.69) is 23.4 Å². The van der Waals surface area contributed by atoms with Crippen LogP contribution in [-0.4, -0.2) is 34.8 Å². The van der Waals surface area contributed by atoms with Gasteiger partial charge in [0.15, 0.2) is 0 Å². The fourth-order valence-electron chi connectivity index (χ4n) is 4.86. The Morgan fingerprint density at radius 1 is 1.19 bits per heavy atom. The minimum atomic E-state index is -0.541. The van der Waals surface area contributed by atoms with Gasteiger partial charge in [0.25, 0.3) is 5.91 Å². The summed E-state index contributed by atoms with van der Waals surface area (Å²) in [7, 11) is 1.69. The van der Waals surface area contributed by atoms with Gasteiger partial charge in [-0.2, -0.15) is 5.10 Å². The van der Waals surface area contributed by atoms with Crippen molar-refractivity contribution in [1.82, 2.24) is 9.78 Å². The summed E-state index contributed by atoms with van der Waals surface area (Å²) in [5.41, 5.74) is 9.60. The van der Waals surface area contributed by atoms with E-state index in [-0.39, 0.29) is 11.8 Å². The Kier molecular flexibility index (Phi) is 6.74. The van der Waals surface area contributed by atoms with E-state index in [1.165, 1.54) is 10.3 Å². The first-order valence-corrected chi connectivity index (χ1v) is 11.4. The Hall–Kier alpha value is -2.93. The molecule has 1 unspecified atom stereocenters. The van der Waals surface area contributed by atoms with E-state index in [9.17, 15) is 9.59 Å². The van der Waals surface area contributed by atoms with Crippen LogP contribution < -0.4 is 11.1 Å². The highest BCUT2D eigenvalue weighted by Gasteiger charge is 2.35.